The Bertz CT molecular complexity index is 260. The molecule has 1 amide bonds. The lowest BCUT2D eigenvalue weighted by Crippen LogP contribution is -2.46. The normalized spacial score (nSPS) is 15.4. The van der Waals surface area contributed by atoms with Gasteiger partial charge in [0.15, 0.2) is 0 Å². The number of hydrogen-bond donors (Lipinski definition) is 1. The monoisotopic (exact) mass is 304 g/mol. The number of hydrogen-bond acceptors (Lipinski definition) is 6. The van der Waals surface area contributed by atoms with Crippen molar-refractivity contribution in [2.45, 2.75) is 6.42 Å². The van der Waals surface area contributed by atoms with Gasteiger partial charge in [-0.2, -0.15) is 0 Å². The first-order valence-electron chi connectivity index (χ1n) is 7.55. The Morgan fingerprint density at radius 3 is 2.00 bits per heavy atom. The summed E-state index contributed by atoms with van der Waals surface area (Å²) in [7, 11) is 1.64. The summed E-state index contributed by atoms with van der Waals surface area (Å²) in [5, 5.41) is 3.22. The molecule has 1 fully saturated rings. The fourth-order valence-electron chi connectivity index (χ4n) is 1.92. The zero-order valence-corrected chi connectivity index (χ0v) is 13.0. The summed E-state index contributed by atoms with van der Waals surface area (Å²) in [4.78, 5) is 13.7. The Morgan fingerprint density at radius 2 is 1.43 bits per heavy atom. The molecule has 0 bridgehead atoms. The molecule has 0 radical (unpaired) electrons. The van der Waals surface area contributed by atoms with Crippen molar-refractivity contribution in [1.82, 2.24) is 10.2 Å². The summed E-state index contributed by atoms with van der Waals surface area (Å²) < 4.78 is 20.8. The average molecular weight is 304 g/mol. The number of carbonyl (C=O) groups is 1. The lowest BCUT2D eigenvalue weighted by atomic mass is 10.3. The Morgan fingerprint density at radius 1 is 0.905 bits per heavy atom. The van der Waals surface area contributed by atoms with Gasteiger partial charge in [-0.25, -0.2) is 0 Å². The molecule has 0 aromatic heterocycles. The van der Waals surface area contributed by atoms with Gasteiger partial charge in [0.1, 0.15) is 0 Å². The van der Waals surface area contributed by atoms with E-state index >= 15 is 0 Å². The lowest BCUT2D eigenvalue weighted by Gasteiger charge is -2.27. The highest BCUT2D eigenvalue weighted by Crippen LogP contribution is 1.97. The molecule has 124 valence electrons. The number of nitrogens with one attached hydrogen (secondary N) is 1. The van der Waals surface area contributed by atoms with Gasteiger partial charge in [-0.15, -0.1) is 0 Å². The van der Waals surface area contributed by atoms with Gasteiger partial charge in [0.2, 0.25) is 5.91 Å². The maximum atomic E-state index is 11.8. The molecule has 1 aliphatic rings. The maximum Gasteiger partial charge on any atom is 0.224 e. The first-order chi connectivity index (χ1) is 10.3. The fraction of sp³-hybridized carbons (Fsp3) is 0.929. The minimum atomic E-state index is 0.170. The van der Waals surface area contributed by atoms with Gasteiger partial charge < -0.3 is 29.2 Å². The topological polar surface area (TPSA) is 69.3 Å². The average Bonchev–Trinajstić information content (AvgIpc) is 2.53. The van der Waals surface area contributed by atoms with Gasteiger partial charge in [0.05, 0.1) is 52.7 Å². The Balaban J connectivity index is 1.80. The van der Waals surface area contributed by atoms with Crippen molar-refractivity contribution < 1.29 is 23.7 Å². The van der Waals surface area contributed by atoms with Crippen LogP contribution in [0, 0.1) is 0 Å². The van der Waals surface area contributed by atoms with Crippen LogP contribution >= 0.6 is 0 Å². The second-order valence-electron chi connectivity index (χ2n) is 4.71. The summed E-state index contributed by atoms with van der Waals surface area (Å²) >= 11 is 0. The van der Waals surface area contributed by atoms with E-state index in [0.29, 0.717) is 52.7 Å². The summed E-state index contributed by atoms with van der Waals surface area (Å²) in [5.74, 6) is 0.170. The van der Waals surface area contributed by atoms with E-state index in [4.69, 9.17) is 18.9 Å². The Hall–Kier alpha value is -0.730. The summed E-state index contributed by atoms with van der Waals surface area (Å²) in [6.07, 6.45) is 0.445. The zero-order chi connectivity index (χ0) is 15.2. The number of amides is 1. The van der Waals surface area contributed by atoms with E-state index in [-0.39, 0.29) is 5.91 Å². The number of nitrogens with zero attached hydrogens (tertiary/aromatic N) is 1. The van der Waals surface area contributed by atoms with Crippen molar-refractivity contribution in [1.29, 1.82) is 0 Å². The van der Waals surface area contributed by atoms with Crippen LogP contribution in [0.4, 0.5) is 0 Å². The Kier molecular flexibility index (Phi) is 11.3. The molecule has 0 unspecified atom stereocenters. The largest absolute Gasteiger partial charge is 0.382 e. The van der Waals surface area contributed by atoms with Crippen LogP contribution in [0.3, 0.4) is 0 Å². The molecule has 1 N–H and O–H groups in total. The van der Waals surface area contributed by atoms with Gasteiger partial charge in [0, 0.05) is 33.3 Å². The van der Waals surface area contributed by atoms with Crippen LogP contribution in [0.15, 0.2) is 0 Å². The van der Waals surface area contributed by atoms with Crippen LogP contribution < -0.4 is 5.32 Å². The minimum Gasteiger partial charge on any atom is -0.382 e. The third-order valence-electron chi connectivity index (χ3n) is 3.11. The molecular formula is C14H28N2O5. The molecule has 0 spiro atoms. The fourth-order valence-corrected chi connectivity index (χ4v) is 1.92. The summed E-state index contributed by atoms with van der Waals surface area (Å²) in [5.41, 5.74) is 0. The van der Waals surface area contributed by atoms with E-state index < -0.39 is 0 Å². The van der Waals surface area contributed by atoms with Crippen molar-refractivity contribution in [2.75, 3.05) is 79.5 Å². The minimum absolute atomic E-state index is 0.170. The first kappa shape index (κ1) is 18.3. The van der Waals surface area contributed by atoms with Gasteiger partial charge >= 0.3 is 0 Å². The van der Waals surface area contributed by atoms with Gasteiger partial charge in [0.25, 0.3) is 0 Å². The third kappa shape index (κ3) is 9.76. The van der Waals surface area contributed by atoms with Crippen LogP contribution in [-0.4, -0.2) is 90.3 Å². The SMILES string of the molecule is COCCOCCOCCOCCC(=O)N1CCNCC1. The predicted molar refractivity (Wildman–Crippen MR) is 78.4 cm³/mol. The molecule has 0 aliphatic carbocycles. The van der Waals surface area contributed by atoms with Gasteiger partial charge in [-0.1, -0.05) is 0 Å². The highest BCUT2D eigenvalue weighted by molar-refractivity contribution is 5.76. The van der Waals surface area contributed by atoms with Crippen LogP contribution in [-0.2, 0) is 23.7 Å². The molecule has 21 heavy (non-hydrogen) atoms. The van der Waals surface area contributed by atoms with E-state index in [9.17, 15) is 4.79 Å². The highest BCUT2D eigenvalue weighted by atomic mass is 16.6. The molecule has 1 saturated heterocycles. The molecule has 1 aliphatic heterocycles. The second-order valence-corrected chi connectivity index (χ2v) is 4.71. The molecule has 7 nitrogen and oxygen atoms in total. The van der Waals surface area contributed by atoms with E-state index in [0.717, 1.165) is 26.2 Å². The number of piperazine rings is 1. The van der Waals surface area contributed by atoms with Crippen LogP contribution in [0.1, 0.15) is 6.42 Å². The van der Waals surface area contributed by atoms with Gasteiger partial charge in [-0.05, 0) is 0 Å². The second kappa shape index (κ2) is 13.0. The molecule has 1 rings (SSSR count). The number of carbonyl (C=O) groups excluding carboxylic acids is 1. The molecule has 0 atom stereocenters. The van der Waals surface area contributed by atoms with Crippen molar-refractivity contribution in [2.24, 2.45) is 0 Å². The summed E-state index contributed by atoms with van der Waals surface area (Å²) in [6, 6.07) is 0. The van der Waals surface area contributed by atoms with Crippen LogP contribution in [0.5, 0.6) is 0 Å². The lowest BCUT2D eigenvalue weighted by molar-refractivity contribution is -0.133. The quantitative estimate of drug-likeness (QED) is 0.491. The van der Waals surface area contributed by atoms with E-state index in [1.54, 1.807) is 7.11 Å². The molecular weight excluding hydrogens is 276 g/mol. The number of rotatable bonds is 12. The number of methoxy groups -OCH3 is 1. The van der Waals surface area contributed by atoms with Crippen molar-refractivity contribution in [3.05, 3.63) is 0 Å². The van der Waals surface area contributed by atoms with Crippen molar-refractivity contribution in [3.63, 3.8) is 0 Å². The van der Waals surface area contributed by atoms with Gasteiger partial charge in [-0.3, -0.25) is 4.79 Å². The van der Waals surface area contributed by atoms with Crippen molar-refractivity contribution in [3.8, 4) is 0 Å². The maximum absolute atomic E-state index is 11.8. The van der Waals surface area contributed by atoms with Crippen LogP contribution in [0.25, 0.3) is 0 Å². The highest BCUT2D eigenvalue weighted by Gasteiger charge is 2.15. The van der Waals surface area contributed by atoms with Crippen LogP contribution in [0.2, 0.25) is 0 Å². The Labute approximate surface area is 126 Å². The molecule has 0 aromatic carbocycles. The van der Waals surface area contributed by atoms with E-state index in [1.165, 1.54) is 0 Å². The molecule has 0 aromatic rings. The zero-order valence-electron chi connectivity index (χ0n) is 13.0. The standard InChI is InChI=1S/C14H28N2O5/c1-18-8-9-20-12-13-21-11-10-19-7-2-14(17)16-5-3-15-4-6-16/h15H,2-13H2,1H3. The van der Waals surface area contributed by atoms with E-state index in [2.05, 4.69) is 5.32 Å². The predicted octanol–water partition coefficient (Wildman–Crippen LogP) is -0.495. The third-order valence-corrected chi connectivity index (χ3v) is 3.11. The first-order valence-corrected chi connectivity index (χ1v) is 7.55. The molecule has 0 saturated carbocycles. The number of ether oxygens (including phenoxy) is 4. The molecule has 7 heteroatoms. The van der Waals surface area contributed by atoms with E-state index in [1.807, 2.05) is 4.90 Å². The molecule has 1 heterocycles. The smallest absolute Gasteiger partial charge is 0.224 e. The summed E-state index contributed by atoms with van der Waals surface area (Å²) in [6.45, 7) is 7.14. The van der Waals surface area contributed by atoms with Crippen molar-refractivity contribution >= 4 is 5.91 Å².